The lowest BCUT2D eigenvalue weighted by Gasteiger charge is -2.34. The lowest BCUT2D eigenvalue weighted by Crippen LogP contribution is -2.49. The SMILES string of the molecule is COC(=O)N1c2ccccc2[C@]2(C(C)C)C(C#N)C(=O)O[C@H]12. The third-order valence-electron chi connectivity index (χ3n) is 4.67. The van der Waals surface area contributed by atoms with Crippen molar-refractivity contribution in [3.63, 3.8) is 0 Å². The summed E-state index contributed by atoms with van der Waals surface area (Å²) in [4.78, 5) is 25.7. The molecule has 2 heterocycles. The molecule has 2 aliphatic heterocycles. The minimum atomic E-state index is -0.951. The Morgan fingerprint density at radius 1 is 1.45 bits per heavy atom. The molecular weight excluding hydrogens is 284 g/mol. The van der Waals surface area contributed by atoms with Crippen molar-refractivity contribution in [2.75, 3.05) is 12.0 Å². The van der Waals surface area contributed by atoms with Crippen molar-refractivity contribution in [3.8, 4) is 6.07 Å². The lowest BCUT2D eigenvalue weighted by molar-refractivity contribution is -0.142. The number of esters is 1. The zero-order valence-electron chi connectivity index (χ0n) is 12.6. The minimum Gasteiger partial charge on any atom is -0.452 e. The first-order valence-corrected chi connectivity index (χ1v) is 7.06. The fourth-order valence-electron chi connectivity index (χ4n) is 3.73. The van der Waals surface area contributed by atoms with Crippen molar-refractivity contribution in [3.05, 3.63) is 29.8 Å². The number of fused-ring (bicyclic) bond motifs is 3. The topological polar surface area (TPSA) is 79.6 Å². The predicted octanol–water partition coefficient (Wildman–Crippen LogP) is 2.19. The molecule has 1 unspecified atom stereocenters. The molecule has 0 saturated carbocycles. The van der Waals surface area contributed by atoms with Crippen molar-refractivity contribution >= 4 is 17.7 Å². The van der Waals surface area contributed by atoms with Gasteiger partial charge in [0.15, 0.2) is 12.1 Å². The van der Waals surface area contributed by atoms with Gasteiger partial charge in [0.1, 0.15) is 0 Å². The Balaban J connectivity index is 2.31. The van der Waals surface area contributed by atoms with Crippen LogP contribution >= 0.6 is 0 Å². The molecule has 3 rings (SSSR count). The summed E-state index contributed by atoms with van der Waals surface area (Å²) >= 11 is 0. The maximum Gasteiger partial charge on any atom is 0.417 e. The number of para-hydroxylation sites is 1. The van der Waals surface area contributed by atoms with Gasteiger partial charge < -0.3 is 9.47 Å². The van der Waals surface area contributed by atoms with Crippen LogP contribution in [0, 0.1) is 23.2 Å². The summed E-state index contributed by atoms with van der Waals surface area (Å²) in [5.74, 6) is -1.62. The lowest BCUT2D eigenvalue weighted by atomic mass is 9.65. The van der Waals surface area contributed by atoms with Gasteiger partial charge in [0.2, 0.25) is 0 Å². The molecule has 1 aromatic rings. The van der Waals surface area contributed by atoms with Gasteiger partial charge in [-0.2, -0.15) is 5.26 Å². The predicted molar refractivity (Wildman–Crippen MR) is 76.8 cm³/mol. The maximum atomic E-state index is 12.2. The summed E-state index contributed by atoms with van der Waals surface area (Å²) in [6, 6.07) is 9.32. The smallest absolute Gasteiger partial charge is 0.417 e. The number of methoxy groups -OCH3 is 1. The van der Waals surface area contributed by atoms with Crippen LogP contribution in [0.4, 0.5) is 10.5 Å². The van der Waals surface area contributed by atoms with Crippen molar-refractivity contribution in [1.29, 1.82) is 5.26 Å². The molecule has 0 radical (unpaired) electrons. The van der Waals surface area contributed by atoms with Gasteiger partial charge in [-0.3, -0.25) is 4.79 Å². The highest BCUT2D eigenvalue weighted by Crippen LogP contribution is 2.57. The van der Waals surface area contributed by atoms with Gasteiger partial charge in [0.05, 0.1) is 24.3 Å². The number of anilines is 1. The van der Waals surface area contributed by atoms with Crippen LogP contribution < -0.4 is 4.90 Å². The highest BCUT2D eigenvalue weighted by Gasteiger charge is 2.68. The molecule has 0 aliphatic carbocycles. The van der Waals surface area contributed by atoms with Gasteiger partial charge in [-0.15, -0.1) is 0 Å². The van der Waals surface area contributed by atoms with Gasteiger partial charge >= 0.3 is 12.1 Å². The Hall–Kier alpha value is -2.55. The number of nitriles is 1. The first kappa shape index (κ1) is 14.4. The second-order valence-corrected chi connectivity index (χ2v) is 5.80. The van der Waals surface area contributed by atoms with E-state index in [4.69, 9.17) is 9.47 Å². The van der Waals surface area contributed by atoms with Crippen LogP contribution in [-0.4, -0.2) is 25.4 Å². The van der Waals surface area contributed by atoms with E-state index < -0.39 is 29.6 Å². The molecule has 1 aromatic carbocycles. The number of rotatable bonds is 1. The molecule has 6 heteroatoms. The Labute approximate surface area is 128 Å². The standard InChI is InChI=1S/C16H16N2O4/c1-9(2)16-10-6-4-5-7-12(10)18(15(20)21-3)14(16)22-13(19)11(16)8-17/h4-7,9,11,14H,1-3H3/t11?,14-,16+/m0/s1. The molecule has 3 atom stereocenters. The third-order valence-corrected chi connectivity index (χ3v) is 4.67. The molecule has 0 N–H and O–H groups in total. The van der Waals surface area contributed by atoms with E-state index in [1.54, 1.807) is 12.1 Å². The number of carbonyl (C=O) groups is 2. The van der Waals surface area contributed by atoms with Crippen LogP contribution in [0.15, 0.2) is 24.3 Å². The summed E-state index contributed by atoms with van der Waals surface area (Å²) in [6.07, 6.45) is -1.46. The number of benzene rings is 1. The number of nitrogens with zero attached hydrogens (tertiary/aromatic N) is 2. The molecule has 114 valence electrons. The average molecular weight is 300 g/mol. The molecule has 0 spiro atoms. The van der Waals surface area contributed by atoms with Gasteiger partial charge in [0, 0.05) is 0 Å². The van der Waals surface area contributed by atoms with E-state index in [2.05, 4.69) is 6.07 Å². The molecule has 1 amide bonds. The number of amides is 1. The molecule has 0 bridgehead atoms. The van der Waals surface area contributed by atoms with Crippen molar-refractivity contribution in [2.45, 2.75) is 25.5 Å². The quantitative estimate of drug-likeness (QED) is 0.743. The highest BCUT2D eigenvalue weighted by atomic mass is 16.6. The minimum absolute atomic E-state index is 0.0793. The van der Waals surface area contributed by atoms with Crippen LogP contribution in [0.25, 0.3) is 0 Å². The Kier molecular flexibility index (Phi) is 3.10. The van der Waals surface area contributed by atoms with E-state index in [0.717, 1.165) is 5.56 Å². The molecule has 2 aliphatic rings. The Bertz CT molecular complexity index is 694. The van der Waals surface area contributed by atoms with E-state index in [1.165, 1.54) is 12.0 Å². The first-order valence-electron chi connectivity index (χ1n) is 7.06. The van der Waals surface area contributed by atoms with Crippen molar-refractivity contribution in [1.82, 2.24) is 0 Å². The van der Waals surface area contributed by atoms with E-state index in [0.29, 0.717) is 5.69 Å². The molecule has 1 saturated heterocycles. The summed E-state index contributed by atoms with van der Waals surface area (Å²) in [7, 11) is 1.28. The fourth-order valence-corrected chi connectivity index (χ4v) is 3.73. The van der Waals surface area contributed by atoms with Crippen LogP contribution in [-0.2, 0) is 19.7 Å². The number of hydrogen-bond donors (Lipinski definition) is 0. The Morgan fingerprint density at radius 2 is 2.14 bits per heavy atom. The van der Waals surface area contributed by atoms with Crippen LogP contribution in [0.5, 0.6) is 0 Å². The second-order valence-electron chi connectivity index (χ2n) is 5.80. The number of carbonyl (C=O) groups excluding carboxylic acids is 2. The van der Waals surface area contributed by atoms with Gasteiger partial charge in [0.25, 0.3) is 0 Å². The van der Waals surface area contributed by atoms with Crippen LogP contribution in [0.2, 0.25) is 0 Å². The van der Waals surface area contributed by atoms with E-state index in [9.17, 15) is 14.9 Å². The number of ether oxygens (including phenoxy) is 2. The maximum absolute atomic E-state index is 12.2. The van der Waals surface area contributed by atoms with Gasteiger partial charge in [-0.1, -0.05) is 32.0 Å². The van der Waals surface area contributed by atoms with Crippen LogP contribution in [0.3, 0.4) is 0 Å². The largest absolute Gasteiger partial charge is 0.452 e. The molecule has 22 heavy (non-hydrogen) atoms. The molecular formula is C16H16N2O4. The summed E-state index contributed by atoms with van der Waals surface area (Å²) in [5.41, 5.74) is 0.523. The Morgan fingerprint density at radius 3 is 2.73 bits per heavy atom. The zero-order valence-corrected chi connectivity index (χ0v) is 12.6. The summed E-state index contributed by atoms with van der Waals surface area (Å²) in [5, 5.41) is 9.52. The first-order chi connectivity index (χ1) is 10.5. The summed E-state index contributed by atoms with van der Waals surface area (Å²) in [6.45, 7) is 3.85. The second kappa shape index (κ2) is 4.73. The van der Waals surface area contributed by atoms with Crippen molar-refractivity contribution in [2.24, 2.45) is 11.8 Å². The van der Waals surface area contributed by atoms with E-state index >= 15 is 0 Å². The zero-order chi connectivity index (χ0) is 16.1. The normalized spacial score (nSPS) is 28.9. The van der Waals surface area contributed by atoms with Gasteiger partial charge in [-0.05, 0) is 17.5 Å². The average Bonchev–Trinajstić information content (AvgIpc) is 2.95. The van der Waals surface area contributed by atoms with E-state index in [-0.39, 0.29) is 5.92 Å². The molecule has 1 fully saturated rings. The number of hydrogen-bond acceptors (Lipinski definition) is 5. The third kappa shape index (κ3) is 1.48. The van der Waals surface area contributed by atoms with Crippen LogP contribution in [0.1, 0.15) is 19.4 Å². The van der Waals surface area contributed by atoms with Crippen molar-refractivity contribution < 1.29 is 19.1 Å². The highest BCUT2D eigenvalue weighted by molar-refractivity contribution is 5.96. The summed E-state index contributed by atoms with van der Waals surface area (Å²) < 4.78 is 10.3. The molecule has 6 nitrogen and oxygen atoms in total. The fraction of sp³-hybridized carbons (Fsp3) is 0.438. The van der Waals surface area contributed by atoms with Gasteiger partial charge in [-0.25, -0.2) is 9.69 Å². The van der Waals surface area contributed by atoms with E-state index in [1.807, 2.05) is 26.0 Å². The monoisotopic (exact) mass is 300 g/mol. The molecule has 0 aromatic heterocycles.